The highest BCUT2D eigenvalue weighted by atomic mass is 19.4. The summed E-state index contributed by atoms with van der Waals surface area (Å²) in [5, 5.41) is 9.26. The monoisotopic (exact) mass is 477 g/mol. The molecule has 0 aliphatic heterocycles. The molecule has 0 atom stereocenters. The number of carbonyl (C=O) groups is 1. The second kappa shape index (κ2) is 8.94. The standard InChI is InChI=1S/C27H22F3N3O2/c1-16-24-22(33-32-19-10-5-9-18(15-19)27(28,29)30)13-6-14-23(24)35-25(16)26(34)31-21-12-4-8-17-7-2-3-11-20(17)21/h2-5,7-12,15,32H,6,13-14H2,1H3,(H,31,34)/b33-22+. The van der Waals surface area contributed by atoms with Gasteiger partial charge < -0.3 is 9.73 Å². The van der Waals surface area contributed by atoms with Crippen LogP contribution in [-0.4, -0.2) is 11.6 Å². The Bertz CT molecular complexity index is 1450. The first-order valence-electron chi connectivity index (χ1n) is 11.2. The van der Waals surface area contributed by atoms with Gasteiger partial charge >= 0.3 is 6.18 Å². The molecule has 1 amide bonds. The molecule has 8 heteroatoms. The van der Waals surface area contributed by atoms with Crippen molar-refractivity contribution in [3.8, 4) is 0 Å². The highest BCUT2D eigenvalue weighted by Gasteiger charge is 2.31. The minimum atomic E-state index is -4.43. The van der Waals surface area contributed by atoms with Crippen molar-refractivity contribution in [1.29, 1.82) is 0 Å². The number of hydrogen-bond donors (Lipinski definition) is 2. The molecular formula is C27H22F3N3O2. The van der Waals surface area contributed by atoms with Gasteiger partial charge in [0.1, 0.15) is 5.76 Å². The normalized spacial score (nSPS) is 14.7. The zero-order chi connectivity index (χ0) is 24.6. The number of nitrogens with one attached hydrogen (secondary N) is 2. The van der Waals surface area contributed by atoms with Crippen LogP contribution in [0.15, 0.2) is 76.2 Å². The number of amides is 1. The lowest BCUT2D eigenvalue weighted by atomic mass is 9.93. The summed E-state index contributed by atoms with van der Waals surface area (Å²) in [7, 11) is 0. The van der Waals surface area contributed by atoms with Crippen LogP contribution in [0.5, 0.6) is 0 Å². The van der Waals surface area contributed by atoms with Crippen molar-refractivity contribution in [2.45, 2.75) is 32.4 Å². The van der Waals surface area contributed by atoms with Crippen LogP contribution in [0.2, 0.25) is 0 Å². The van der Waals surface area contributed by atoms with E-state index in [0.717, 1.165) is 34.9 Å². The predicted molar refractivity (Wildman–Crippen MR) is 130 cm³/mol. The Kier molecular flexibility index (Phi) is 5.80. The molecule has 0 unspecified atom stereocenters. The lowest BCUT2D eigenvalue weighted by molar-refractivity contribution is -0.137. The Morgan fingerprint density at radius 1 is 1.00 bits per heavy atom. The summed E-state index contributed by atoms with van der Waals surface area (Å²) in [5.74, 6) is 0.497. The zero-order valence-corrected chi connectivity index (χ0v) is 18.9. The number of carbonyl (C=O) groups excluding carboxylic acids is 1. The molecular weight excluding hydrogens is 455 g/mol. The molecule has 4 aromatic rings. The fraction of sp³-hybridized carbons (Fsp3) is 0.185. The summed E-state index contributed by atoms with van der Waals surface area (Å²) in [4.78, 5) is 13.1. The molecule has 3 aromatic carbocycles. The SMILES string of the molecule is Cc1c(C(=O)Nc2cccc3ccccc23)oc2c1/C(=N/Nc1cccc(C(F)(F)F)c1)CCC2. The van der Waals surface area contributed by atoms with Crippen LogP contribution in [0.25, 0.3) is 10.8 Å². The molecule has 1 heterocycles. The number of benzene rings is 3. The van der Waals surface area contributed by atoms with Gasteiger partial charge in [-0.1, -0.05) is 42.5 Å². The van der Waals surface area contributed by atoms with Crippen molar-refractivity contribution in [3.63, 3.8) is 0 Å². The summed E-state index contributed by atoms with van der Waals surface area (Å²) in [6.45, 7) is 1.80. The van der Waals surface area contributed by atoms with E-state index >= 15 is 0 Å². The van der Waals surface area contributed by atoms with Crippen LogP contribution in [0.1, 0.15) is 45.8 Å². The number of rotatable bonds is 4. The van der Waals surface area contributed by atoms with Crippen LogP contribution in [0, 0.1) is 6.92 Å². The van der Waals surface area contributed by atoms with E-state index in [4.69, 9.17) is 4.42 Å². The van der Waals surface area contributed by atoms with Gasteiger partial charge in [-0.25, -0.2) is 0 Å². The maximum absolute atomic E-state index is 13.1. The highest BCUT2D eigenvalue weighted by Crippen LogP contribution is 2.33. The third-order valence-corrected chi connectivity index (χ3v) is 6.08. The van der Waals surface area contributed by atoms with Gasteiger partial charge in [0, 0.05) is 28.6 Å². The van der Waals surface area contributed by atoms with Crippen molar-refractivity contribution in [2.75, 3.05) is 10.7 Å². The van der Waals surface area contributed by atoms with E-state index in [9.17, 15) is 18.0 Å². The molecule has 1 aromatic heterocycles. The number of hydrazone groups is 1. The minimum absolute atomic E-state index is 0.205. The minimum Gasteiger partial charge on any atom is -0.455 e. The van der Waals surface area contributed by atoms with E-state index in [1.54, 1.807) is 6.92 Å². The lowest BCUT2D eigenvalue weighted by Gasteiger charge is -2.14. The van der Waals surface area contributed by atoms with Gasteiger partial charge in [-0.2, -0.15) is 18.3 Å². The van der Waals surface area contributed by atoms with Gasteiger partial charge in [-0.05, 0) is 49.4 Å². The molecule has 0 radical (unpaired) electrons. The van der Waals surface area contributed by atoms with Crippen molar-refractivity contribution >= 4 is 33.8 Å². The molecule has 0 fully saturated rings. The van der Waals surface area contributed by atoms with Crippen molar-refractivity contribution in [2.24, 2.45) is 5.10 Å². The Morgan fingerprint density at radius 3 is 2.60 bits per heavy atom. The van der Waals surface area contributed by atoms with Crippen LogP contribution in [0.4, 0.5) is 24.5 Å². The maximum Gasteiger partial charge on any atom is 0.416 e. The lowest BCUT2D eigenvalue weighted by Crippen LogP contribution is -2.14. The molecule has 0 bridgehead atoms. The molecule has 5 rings (SSSR count). The second-order valence-electron chi connectivity index (χ2n) is 8.44. The number of nitrogens with zero attached hydrogens (tertiary/aromatic N) is 1. The Labute approximate surface area is 199 Å². The molecule has 35 heavy (non-hydrogen) atoms. The van der Waals surface area contributed by atoms with Gasteiger partial charge in [-0.3, -0.25) is 10.2 Å². The van der Waals surface area contributed by atoms with E-state index in [1.807, 2.05) is 42.5 Å². The summed E-state index contributed by atoms with van der Waals surface area (Å²) < 4.78 is 45.0. The van der Waals surface area contributed by atoms with Gasteiger partial charge in [0.2, 0.25) is 0 Å². The first kappa shape index (κ1) is 22.7. The quantitative estimate of drug-likeness (QED) is 0.306. The molecule has 0 saturated carbocycles. The number of aryl methyl sites for hydroxylation is 1. The van der Waals surface area contributed by atoms with Gasteiger partial charge in [0.05, 0.1) is 17.0 Å². The smallest absolute Gasteiger partial charge is 0.416 e. The van der Waals surface area contributed by atoms with Crippen molar-refractivity contribution in [3.05, 3.63) is 94.9 Å². The summed E-state index contributed by atoms with van der Waals surface area (Å²) in [6.07, 6.45) is -2.41. The Balaban J connectivity index is 1.42. The average Bonchev–Trinajstić information content (AvgIpc) is 3.20. The topological polar surface area (TPSA) is 66.6 Å². The molecule has 0 saturated heterocycles. The predicted octanol–water partition coefficient (Wildman–Crippen LogP) is 7.16. The van der Waals surface area contributed by atoms with E-state index in [0.29, 0.717) is 35.6 Å². The molecule has 178 valence electrons. The van der Waals surface area contributed by atoms with E-state index < -0.39 is 11.7 Å². The largest absolute Gasteiger partial charge is 0.455 e. The summed E-state index contributed by atoms with van der Waals surface area (Å²) in [5.41, 5.74) is 4.94. The van der Waals surface area contributed by atoms with Crippen LogP contribution < -0.4 is 10.7 Å². The number of hydrogen-bond acceptors (Lipinski definition) is 4. The van der Waals surface area contributed by atoms with Gasteiger partial charge in [0.15, 0.2) is 5.76 Å². The first-order chi connectivity index (χ1) is 16.8. The van der Waals surface area contributed by atoms with Gasteiger partial charge in [0.25, 0.3) is 5.91 Å². The summed E-state index contributed by atoms with van der Waals surface area (Å²) >= 11 is 0. The number of anilines is 2. The van der Waals surface area contributed by atoms with Crippen molar-refractivity contribution in [1.82, 2.24) is 0 Å². The number of furan rings is 1. The van der Waals surface area contributed by atoms with Crippen LogP contribution >= 0.6 is 0 Å². The summed E-state index contributed by atoms with van der Waals surface area (Å²) in [6, 6.07) is 18.3. The first-order valence-corrected chi connectivity index (χ1v) is 11.2. The van der Waals surface area contributed by atoms with Gasteiger partial charge in [-0.15, -0.1) is 0 Å². The average molecular weight is 477 g/mol. The van der Waals surface area contributed by atoms with E-state index in [-0.39, 0.29) is 17.4 Å². The highest BCUT2D eigenvalue weighted by molar-refractivity contribution is 6.11. The fourth-order valence-electron chi connectivity index (χ4n) is 4.41. The maximum atomic E-state index is 13.1. The van der Waals surface area contributed by atoms with Crippen LogP contribution in [-0.2, 0) is 12.6 Å². The van der Waals surface area contributed by atoms with Crippen LogP contribution in [0.3, 0.4) is 0 Å². The molecule has 5 nitrogen and oxygen atoms in total. The Morgan fingerprint density at radius 2 is 1.77 bits per heavy atom. The molecule has 1 aliphatic rings. The second-order valence-corrected chi connectivity index (χ2v) is 8.44. The third kappa shape index (κ3) is 4.51. The number of fused-ring (bicyclic) bond motifs is 2. The third-order valence-electron chi connectivity index (χ3n) is 6.08. The number of halogens is 3. The molecule has 2 N–H and O–H groups in total. The molecule has 0 spiro atoms. The fourth-order valence-corrected chi connectivity index (χ4v) is 4.41. The van der Waals surface area contributed by atoms with E-state index in [1.165, 1.54) is 12.1 Å². The molecule has 1 aliphatic carbocycles. The number of alkyl halides is 3. The Hall–Kier alpha value is -4.07. The van der Waals surface area contributed by atoms with E-state index in [2.05, 4.69) is 15.8 Å². The zero-order valence-electron chi connectivity index (χ0n) is 18.9. The van der Waals surface area contributed by atoms with Crippen molar-refractivity contribution < 1.29 is 22.4 Å².